The van der Waals surface area contributed by atoms with Gasteiger partial charge in [0, 0.05) is 12.7 Å². The summed E-state index contributed by atoms with van der Waals surface area (Å²) in [7, 11) is 0. The van der Waals surface area contributed by atoms with E-state index in [-0.39, 0.29) is 0 Å². The summed E-state index contributed by atoms with van der Waals surface area (Å²) in [5.41, 5.74) is 1.24. The number of rotatable bonds is 2. The zero-order valence-electron chi connectivity index (χ0n) is 8.16. The molecule has 1 heterocycles. The van der Waals surface area contributed by atoms with Crippen LogP contribution in [0.3, 0.4) is 0 Å². The summed E-state index contributed by atoms with van der Waals surface area (Å²) < 4.78 is 5.62. The molecular weight excluding hydrogens is 174 g/mol. The highest BCUT2D eigenvalue weighted by Gasteiger charge is 1.99. The molecule has 0 atom stereocenters. The number of hydrogen-bond acceptors (Lipinski definition) is 2. The quantitative estimate of drug-likeness (QED) is 0.767. The number of hydrogen-bond donors (Lipinski definition) is 1. The van der Waals surface area contributed by atoms with Crippen molar-refractivity contribution >= 4 is 0 Å². The molecule has 1 aliphatic heterocycles. The number of dihydropyridines is 1. The molecule has 0 fully saturated rings. The lowest BCUT2D eigenvalue weighted by atomic mass is 10.2. The SMILES string of the molecule is Cc1ccc(OC2=CNCC=C2)cc1. The Morgan fingerprint density at radius 1 is 1.21 bits per heavy atom. The summed E-state index contributed by atoms with van der Waals surface area (Å²) in [4.78, 5) is 0. The Kier molecular flexibility index (Phi) is 2.54. The average Bonchev–Trinajstić information content (AvgIpc) is 2.23. The third-order valence-electron chi connectivity index (χ3n) is 2.02. The molecule has 0 saturated carbocycles. The molecule has 72 valence electrons. The van der Waals surface area contributed by atoms with E-state index in [1.54, 1.807) is 0 Å². The Morgan fingerprint density at radius 2 is 2.00 bits per heavy atom. The maximum atomic E-state index is 5.62. The van der Waals surface area contributed by atoms with Gasteiger partial charge in [-0.1, -0.05) is 23.8 Å². The Balaban J connectivity index is 2.07. The van der Waals surface area contributed by atoms with E-state index >= 15 is 0 Å². The lowest BCUT2D eigenvalue weighted by Gasteiger charge is -2.10. The molecule has 0 radical (unpaired) electrons. The minimum atomic E-state index is 0.847. The van der Waals surface area contributed by atoms with Crippen LogP contribution in [0.1, 0.15) is 5.56 Å². The zero-order chi connectivity index (χ0) is 9.80. The van der Waals surface area contributed by atoms with Crippen LogP contribution in [0.4, 0.5) is 0 Å². The molecule has 0 aliphatic carbocycles. The second kappa shape index (κ2) is 4.01. The topological polar surface area (TPSA) is 21.3 Å². The Bertz CT molecular complexity index is 362. The Labute approximate surface area is 83.9 Å². The third-order valence-corrected chi connectivity index (χ3v) is 2.02. The van der Waals surface area contributed by atoms with Crippen LogP contribution in [-0.4, -0.2) is 6.54 Å². The summed E-state index contributed by atoms with van der Waals surface area (Å²) in [6.07, 6.45) is 5.87. The highest BCUT2D eigenvalue weighted by atomic mass is 16.5. The smallest absolute Gasteiger partial charge is 0.142 e. The number of nitrogens with one attached hydrogen (secondary N) is 1. The van der Waals surface area contributed by atoms with Crippen molar-refractivity contribution in [2.75, 3.05) is 6.54 Å². The Hall–Kier alpha value is -1.70. The fraction of sp³-hybridized carbons (Fsp3) is 0.167. The summed E-state index contributed by atoms with van der Waals surface area (Å²) in [6, 6.07) is 8.02. The van der Waals surface area contributed by atoms with Crippen LogP contribution >= 0.6 is 0 Å². The number of ether oxygens (including phenoxy) is 1. The number of allylic oxidation sites excluding steroid dienone is 1. The second-order valence-electron chi connectivity index (χ2n) is 3.27. The largest absolute Gasteiger partial charge is 0.456 e. The van der Waals surface area contributed by atoms with Gasteiger partial charge in [-0.15, -0.1) is 0 Å². The lowest BCUT2D eigenvalue weighted by Crippen LogP contribution is -2.11. The van der Waals surface area contributed by atoms with Crippen molar-refractivity contribution in [1.82, 2.24) is 5.32 Å². The van der Waals surface area contributed by atoms with Gasteiger partial charge in [-0.05, 0) is 25.1 Å². The van der Waals surface area contributed by atoms with Gasteiger partial charge in [0.1, 0.15) is 11.5 Å². The van der Waals surface area contributed by atoms with E-state index in [0.717, 1.165) is 18.1 Å². The van der Waals surface area contributed by atoms with Crippen molar-refractivity contribution in [3.05, 3.63) is 53.9 Å². The van der Waals surface area contributed by atoms with E-state index in [0.29, 0.717) is 0 Å². The molecule has 2 rings (SSSR count). The molecule has 1 aromatic rings. The summed E-state index contributed by atoms with van der Waals surface area (Å²) in [5.74, 6) is 1.72. The van der Waals surface area contributed by atoms with E-state index in [4.69, 9.17) is 4.74 Å². The lowest BCUT2D eigenvalue weighted by molar-refractivity contribution is 0.437. The van der Waals surface area contributed by atoms with Crippen LogP contribution in [0.2, 0.25) is 0 Å². The molecule has 0 spiro atoms. The van der Waals surface area contributed by atoms with Crippen LogP contribution in [0.5, 0.6) is 5.75 Å². The molecule has 0 amide bonds. The highest BCUT2D eigenvalue weighted by Crippen LogP contribution is 2.15. The molecule has 0 saturated heterocycles. The molecule has 1 aliphatic rings. The minimum Gasteiger partial charge on any atom is -0.456 e. The van der Waals surface area contributed by atoms with Crippen LogP contribution in [0, 0.1) is 6.92 Å². The standard InChI is InChI=1S/C12H13NO/c1-10-4-6-11(7-5-10)14-12-3-2-8-13-9-12/h2-7,9,13H,8H2,1H3. The van der Waals surface area contributed by atoms with Crippen molar-refractivity contribution in [3.63, 3.8) is 0 Å². The summed E-state index contributed by atoms with van der Waals surface area (Å²) >= 11 is 0. The van der Waals surface area contributed by atoms with Crippen molar-refractivity contribution in [2.45, 2.75) is 6.92 Å². The third kappa shape index (κ3) is 2.16. The molecule has 1 aromatic carbocycles. The average molecular weight is 187 g/mol. The van der Waals surface area contributed by atoms with Gasteiger partial charge in [-0.3, -0.25) is 0 Å². The van der Waals surface area contributed by atoms with Crippen LogP contribution < -0.4 is 10.1 Å². The van der Waals surface area contributed by atoms with Gasteiger partial charge >= 0.3 is 0 Å². The van der Waals surface area contributed by atoms with Crippen molar-refractivity contribution < 1.29 is 4.74 Å². The summed E-state index contributed by atoms with van der Waals surface area (Å²) in [5, 5.41) is 3.09. The molecule has 1 N–H and O–H groups in total. The molecule has 0 unspecified atom stereocenters. The van der Waals surface area contributed by atoms with Gasteiger partial charge < -0.3 is 10.1 Å². The summed E-state index contributed by atoms with van der Waals surface area (Å²) in [6.45, 7) is 2.94. The second-order valence-corrected chi connectivity index (χ2v) is 3.27. The van der Waals surface area contributed by atoms with Crippen molar-refractivity contribution in [3.8, 4) is 5.75 Å². The predicted octanol–water partition coefficient (Wildman–Crippen LogP) is 2.37. The van der Waals surface area contributed by atoms with E-state index in [1.165, 1.54) is 5.56 Å². The monoisotopic (exact) mass is 187 g/mol. The van der Waals surface area contributed by atoms with Crippen LogP contribution in [0.15, 0.2) is 48.4 Å². The number of benzene rings is 1. The predicted molar refractivity (Wildman–Crippen MR) is 57.0 cm³/mol. The highest BCUT2D eigenvalue weighted by molar-refractivity contribution is 5.30. The maximum absolute atomic E-state index is 5.62. The maximum Gasteiger partial charge on any atom is 0.142 e. The van der Waals surface area contributed by atoms with Crippen LogP contribution in [0.25, 0.3) is 0 Å². The van der Waals surface area contributed by atoms with E-state index in [1.807, 2.05) is 42.6 Å². The van der Waals surface area contributed by atoms with Gasteiger partial charge in [-0.2, -0.15) is 0 Å². The molecule has 2 heteroatoms. The van der Waals surface area contributed by atoms with Gasteiger partial charge in [0.05, 0.1) is 0 Å². The van der Waals surface area contributed by atoms with Gasteiger partial charge in [0.25, 0.3) is 0 Å². The first-order valence-corrected chi connectivity index (χ1v) is 4.69. The first-order valence-electron chi connectivity index (χ1n) is 4.69. The fourth-order valence-corrected chi connectivity index (χ4v) is 1.26. The van der Waals surface area contributed by atoms with E-state index < -0.39 is 0 Å². The minimum absolute atomic E-state index is 0.847. The zero-order valence-corrected chi connectivity index (χ0v) is 8.16. The molecule has 0 aromatic heterocycles. The Morgan fingerprint density at radius 3 is 2.64 bits per heavy atom. The van der Waals surface area contributed by atoms with E-state index in [9.17, 15) is 0 Å². The van der Waals surface area contributed by atoms with Gasteiger partial charge in [0.15, 0.2) is 0 Å². The first-order chi connectivity index (χ1) is 6.84. The molecular formula is C12H13NO. The van der Waals surface area contributed by atoms with Gasteiger partial charge in [0.2, 0.25) is 0 Å². The van der Waals surface area contributed by atoms with Crippen LogP contribution in [-0.2, 0) is 0 Å². The van der Waals surface area contributed by atoms with Crippen molar-refractivity contribution in [1.29, 1.82) is 0 Å². The normalized spacial score (nSPS) is 14.5. The fourth-order valence-electron chi connectivity index (χ4n) is 1.26. The van der Waals surface area contributed by atoms with Gasteiger partial charge in [-0.25, -0.2) is 0 Å². The van der Waals surface area contributed by atoms with E-state index in [2.05, 4.69) is 12.2 Å². The number of aryl methyl sites for hydroxylation is 1. The molecule has 0 bridgehead atoms. The molecule has 14 heavy (non-hydrogen) atoms. The molecule has 2 nitrogen and oxygen atoms in total. The van der Waals surface area contributed by atoms with Crippen molar-refractivity contribution in [2.24, 2.45) is 0 Å². The first kappa shape index (κ1) is 8.88.